The second kappa shape index (κ2) is 5.17. The van der Waals surface area contributed by atoms with Gasteiger partial charge in [0.25, 0.3) is 5.91 Å². The first kappa shape index (κ1) is 13.0. The van der Waals surface area contributed by atoms with E-state index in [1.807, 2.05) is 12.1 Å². The lowest BCUT2D eigenvalue weighted by Gasteiger charge is -2.31. The van der Waals surface area contributed by atoms with Gasteiger partial charge < -0.3 is 10.4 Å². The van der Waals surface area contributed by atoms with E-state index < -0.39 is 5.60 Å². The standard InChI is InChI=1S/C15H19NO2S/c17-14(15(18)7-9-19-10-8-15)16-13-6-5-11-3-1-2-4-12(11)13/h1-4,13,18H,5-10H2,(H,16,17). The van der Waals surface area contributed by atoms with Crippen molar-refractivity contribution in [3.05, 3.63) is 35.4 Å². The number of rotatable bonds is 2. The minimum absolute atomic E-state index is 0.0716. The molecule has 3 rings (SSSR count). The average molecular weight is 277 g/mol. The van der Waals surface area contributed by atoms with E-state index in [4.69, 9.17) is 0 Å². The molecule has 1 aromatic rings. The van der Waals surface area contributed by atoms with E-state index in [9.17, 15) is 9.90 Å². The van der Waals surface area contributed by atoms with Crippen LogP contribution in [-0.4, -0.2) is 28.1 Å². The van der Waals surface area contributed by atoms with Crippen LogP contribution in [0, 0.1) is 0 Å². The molecule has 1 aliphatic heterocycles. The molecule has 2 N–H and O–H groups in total. The molecule has 1 heterocycles. The van der Waals surface area contributed by atoms with Crippen LogP contribution >= 0.6 is 11.8 Å². The number of aryl methyl sites for hydroxylation is 1. The summed E-state index contributed by atoms with van der Waals surface area (Å²) in [5, 5.41) is 13.5. The summed E-state index contributed by atoms with van der Waals surface area (Å²) in [7, 11) is 0. The maximum absolute atomic E-state index is 12.3. The number of aliphatic hydroxyl groups is 1. The van der Waals surface area contributed by atoms with Crippen LogP contribution < -0.4 is 5.32 Å². The number of nitrogens with one attached hydrogen (secondary N) is 1. The molecule has 0 saturated carbocycles. The molecule has 3 nitrogen and oxygen atoms in total. The zero-order chi connectivity index (χ0) is 13.3. The Morgan fingerprint density at radius 1 is 1.32 bits per heavy atom. The van der Waals surface area contributed by atoms with Crippen molar-refractivity contribution in [2.45, 2.75) is 37.3 Å². The van der Waals surface area contributed by atoms with Gasteiger partial charge in [0.2, 0.25) is 0 Å². The molecule has 1 atom stereocenters. The molecule has 19 heavy (non-hydrogen) atoms. The first-order valence-electron chi connectivity index (χ1n) is 6.88. The zero-order valence-corrected chi connectivity index (χ0v) is 11.7. The largest absolute Gasteiger partial charge is 0.380 e. The van der Waals surface area contributed by atoms with Crippen LogP contribution in [0.15, 0.2) is 24.3 Å². The van der Waals surface area contributed by atoms with Gasteiger partial charge in [-0.05, 0) is 48.3 Å². The van der Waals surface area contributed by atoms with Crippen molar-refractivity contribution in [3.8, 4) is 0 Å². The Labute approximate surface area is 117 Å². The summed E-state index contributed by atoms with van der Waals surface area (Å²) >= 11 is 1.81. The maximum atomic E-state index is 12.3. The van der Waals surface area contributed by atoms with Gasteiger partial charge in [0, 0.05) is 0 Å². The van der Waals surface area contributed by atoms with E-state index >= 15 is 0 Å². The minimum atomic E-state index is -1.15. The Morgan fingerprint density at radius 2 is 2.05 bits per heavy atom. The number of carbonyl (C=O) groups excluding carboxylic acids is 1. The molecule has 102 valence electrons. The van der Waals surface area contributed by atoms with E-state index in [0.717, 1.165) is 24.3 Å². The number of carbonyl (C=O) groups is 1. The fourth-order valence-electron chi connectivity index (χ4n) is 2.94. The van der Waals surface area contributed by atoms with Gasteiger partial charge in [-0.2, -0.15) is 11.8 Å². The topological polar surface area (TPSA) is 49.3 Å². The van der Waals surface area contributed by atoms with Crippen LogP contribution in [-0.2, 0) is 11.2 Å². The summed E-state index contributed by atoms with van der Waals surface area (Å²) in [5.41, 5.74) is 1.38. The Hall–Kier alpha value is -1.00. The second-order valence-electron chi connectivity index (χ2n) is 5.41. The lowest BCUT2D eigenvalue weighted by Crippen LogP contribution is -2.49. The van der Waals surface area contributed by atoms with Crippen molar-refractivity contribution in [2.24, 2.45) is 0 Å². The third-order valence-electron chi connectivity index (χ3n) is 4.18. The Kier molecular flexibility index (Phi) is 3.54. The lowest BCUT2D eigenvalue weighted by molar-refractivity contribution is -0.141. The van der Waals surface area contributed by atoms with E-state index in [-0.39, 0.29) is 11.9 Å². The molecule has 0 aromatic heterocycles. The predicted molar refractivity (Wildman–Crippen MR) is 77.2 cm³/mol. The van der Waals surface area contributed by atoms with Gasteiger partial charge in [0.05, 0.1) is 6.04 Å². The van der Waals surface area contributed by atoms with E-state index in [1.165, 1.54) is 11.1 Å². The van der Waals surface area contributed by atoms with Crippen LogP contribution in [0.1, 0.15) is 36.4 Å². The normalized spacial score (nSPS) is 24.8. The Morgan fingerprint density at radius 3 is 2.84 bits per heavy atom. The number of hydrogen-bond acceptors (Lipinski definition) is 3. The maximum Gasteiger partial charge on any atom is 0.252 e. The van der Waals surface area contributed by atoms with Gasteiger partial charge in [-0.1, -0.05) is 24.3 Å². The highest BCUT2D eigenvalue weighted by Gasteiger charge is 2.39. The van der Waals surface area contributed by atoms with Gasteiger partial charge in [-0.15, -0.1) is 0 Å². The number of fused-ring (bicyclic) bond motifs is 1. The quantitative estimate of drug-likeness (QED) is 0.870. The summed E-state index contributed by atoms with van der Waals surface area (Å²) in [4.78, 5) is 12.3. The molecular formula is C15H19NO2S. The van der Waals surface area contributed by atoms with Crippen LogP contribution in [0.2, 0.25) is 0 Å². The van der Waals surface area contributed by atoms with Gasteiger partial charge in [0.1, 0.15) is 5.60 Å². The third-order valence-corrected chi connectivity index (χ3v) is 5.17. The fourth-order valence-corrected chi connectivity index (χ4v) is 4.10. The SMILES string of the molecule is O=C(NC1CCc2ccccc21)C1(O)CCSCC1. The third kappa shape index (κ3) is 2.51. The molecule has 1 aliphatic carbocycles. The molecule has 1 amide bonds. The zero-order valence-electron chi connectivity index (χ0n) is 10.9. The molecule has 1 fully saturated rings. The van der Waals surface area contributed by atoms with Crippen LogP contribution in [0.5, 0.6) is 0 Å². The lowest BCUT2D eigenvalue weighted by atomic mass is 9.95. The smallest absolute Gasteiger partial charge is 0.252 e. The van der Waals surface area contributed by atoms with Crippen molar-refractivity contribution in [1.82, 2.24) is 5.32 Å². The van der Waals surface area contributed by atoms with E-state index in [1.54, 1.807) is 11.8 Å². The van der Waals surface area contributed by atoms with E-state index in [0.29, 0.717) is 12.8 Å². The van der Waals surface area contributed by atoms with Crippen LogP contribution in [0.3, 0.4) is 0 Å². The van der Waals surface area contributed by atoms with Gasteiger partial charge in [-0.25, -0.2) is 0 Å². The summed E-state index contributed by atoms with van der Waals surface area (Å²) in [6.07, 6.45) is 3.08. The minimum Gasteiger partial charge on any atom is -0.380 e. The van der Waals surface area contributed by atoms with Gasteiger partial charge in [0.15, 0.2) is 0 Å². The second-order valence-corrected chi connectivity index (χ2v) is 6.63. The first-order chi connectivity index (χ1) is 9.19. The number of amides is 1. The summed E-state index contributed by atoms with van der Waals surface area (Å²) in [5.74, 6) is 1.55. The van der Waals surface area contributed by atoms with Crippen molar-refractivity contribution < 1.29 is 9.90 Å². The fraction of sp³-hybridized carbons (Fsp3) is 0.533. The summed E-state index contributed by atoms with van der Waals surface area (Å²) in [6.45, 7) is 0. The van der Waals surface area contributed by atoms with Gasteiger partial charge in [-0.3, -0.25) is 4.79 Å². The number of benzene rings is 1. The molecule has 1 unspecified atom stereocenters. The molecule has 1 saturated heterocycles. The highest BCUT2D eigenvalue weighted by atomic mass is 32.2. The van der Waals surface area contributed by atoms with Crippen LogP contribution in [0.4, 0.5) is 0 Å². The molecule has 4 heteroatoms. The Balaban J connectivity index is 1.71. The van der Waals surface area contributed by atoms with Crippen LogP contribution in [0.25, 0.3) is 0 Å². The number of thioether (sulfide) groups is 1. The van der Waals surface area contributed by atoms with Gasteiger partial charge >= 0.3 is 0 Å². The molecule has 0 bridgehead atoms. The number of hydrogen-bond donors (Lipinski definition) is 2. The predicted octanol–water partition coefficient (Wildman–Crippen LogP) is 2.05. The highest BCUT2D eigenvalue weighted by molar-refractivity contribution is 7.99. The summed E-state index contributed by atoms with van der Waals surface area (Å²) < 4.78 is 0. The van der Waals surface area contributed by atoms with Crippen molar-refractivity contribution in [2.75, 3.05) is 11.5 Å². The highest BCUT2D eigenvalue weighted by Crippen LogP contribution is 2.33. The molecule has 2 aliphatic rings. The van der Waals surface area contributed by atoms with Crippen molar-refractivity contribution in [3.63, 3.8) is 0 Å². The molecule has 0 spiro atoms. The monoisotopic (exact) mass is 277 g/mol. The van der Waals surface area contributed by atoms with E-state index in [2.05, 4.69) is 17.4 Å². The molecule has 1 aromatic carbocycles. The van der Waals surface area contributed by atoms with Crippen molar-refractivity contribution >= 4 is 17.7 Å². The average Bonchev–Trinajstić information content (AvgIpc) is 2.83. The molecular weight excluding hydrogens is 258 g/mol. The Bertz CT molecular complexity index is 483. The first-order valence-corrected chi connectivity index (χ1v) is 8.03. The van der Waals surface area contributed by atoms with Crippen molar-refractivity contribution in [1.29, 1.82) is 0 Å². The molecule has 0 radical (unpaired) electrons. The summed E-state index contributed by atoms with van der Waals surface area (Å²) in [6, 6.07) is 8.31.